The topological polar surface area (TPSA) is 12.0 Å². The van der Waals surface area contributed by atoms with Gasteiger partial charge in [-0.3, -0.25) is 0 Å². The molecule has 15 heavy (non-hydrogen) atoms. The van der Waals surface area contributed by atoms with Gasteiger partial charge in [-0.2, -0.15) is 0 Å². The summed E-state index contributed by atoms with van der Waals surface area (Å²) in [5, 5.41) is 3.39. The minimum atomic E-state index is -0.110. The standard InChI is InChI=1S/C13H18FN/c1-9-7-11(9)8-15-10(2)12-5-3-4-6-13(12)14/h3-6,9-11,15H,7-8H2,1-2H3. The van der Waals surface area contributed by atoms with Crippen molar-refractivity contribution < 1.29 is 4.39 Å². The second kappa shape index (κ2) is 4.31. The predicted molar refractivity (Wildman–Crippen MR) is 60.1 cm³/mol. The summed E-state index contributed by atoms with van der Waals surface area (Å²) in [5.74, 6) is 1.55. The van der Waals surface area contributed by atoms with Gasteiger partial charge in [-0.15, -0.1) is 0 Å². The molecule has 2 rings (SSSR count). The van der Waals surface area contributed by atoms with Gasteiger partial charge in [-0.1, -0.05) is 25.1 Å². The predicted octanol–water partition coefficient (Wildman–Crippen LogP) is 3.13. The van der Waals surface area contributed by atoms with E-state index in [9.17, 15) is 4.39 Å². The van der Waals surface area contributed by atoms with Crippen LogP contribution in [-0.4, -0.2) is 6.54 Å². The first-order valence-corrected chi connectivity index (χ1v) is 5.66. The highest BCUT2D eigenvalue weighted by molar-refractivity contribution is 5.20. The van der Waals surface area contributed by atoms with Gasteiger partial charge in [0.25, 0.3) is 0 Å². The molecule has 1 N–H and O–H groups in total. The van der Waals surface area contributed by atoms with Crippen LogP contribution in [0.2, 0.25) is 0 Å². The SMILES string of the molecule is CC(NCC1CC1C)c1ccccc1F. The molecule has 0 radical (unpaired) electrons. The second-order valence-electron chi connectivity index (χ2n) is 4.62. The minimum absolute atomic E-state index is 0.110. The Morgan fingerprint density at radius 2 is 2.13 bits per heavy atom. The van der Waals surface area contributed by atoms with Gasteiger partial charge in [-0.25, -0.2) is 4.39 Å². The molecule has 0 saturated heterocycles. The van der Waals surface area contributed by atoms with Crippen molar-refractivity contribution in [1.82, 2.24) is 5.32 Å². The molecule has 2 heteroatoms. The molecule has 0 aromatic heterocycles. The van der Waals surface area contributed by atoms with E-state index < -0.39 is 0 Å². The Morgan fingerprint density at radius 1 is 1.47 bits per heavy atom. The Balaban J connectivity index is 1.90. The molecule has 1 aromatic carbocycles. The summed E-state index contributed by atoms with van der Waals surface area (Å²) in [7, 11) is 0. The van der Waals surface area contributed by atoms with E-state index in [-0.39, 0.29) is 11.9 Å². The van der Waals surface area contributed by atoms with Crippen molar-refractivity contribution in [3.8, 4) is 0 Å². The van der Waals surface area contributed by atoms with E-state index in [0.29, 0.717) is 0 Å². The molecule has 1 saturated carbocycles. The van der Waals surface area contributed by atoms with Gasteiger partial charge in [-0.05, 0) is 37.8 Å². The van der Waals surface area contributed by atoms with E-state index in [2.05, 4.69) is 12.2 Å². The summed E-state index contributed by atoms with van der Waals surface area (Å²) in [6.45, 7) is 5.29. The van der Waals surface area contributed by atoms with E-state index in [1.165, 1.54) is 12.5 Å². The van der Waals surface area contributed by atoms with Gasteiger partial charge >= 0.3 is 0 Å². The molecular formula is C13H18FN. The molecule has 0 spiro atoms. The van der Waals surface area contributed by atoms with Crippen LogP contribution in [0.15, 0.2) is 24.3 Å². The van der Waals surface area contributed by atoms with E-state index in [4.69, 9.17) is 0 Å². The fourth-order valence-corrected chi connectivity index (χ4v) is 1.95. The molecule has 3 atom stereocenters. The number of hydrogen-bond donors (Lipinski definition) is 1. The Morgan fingerprint density at radius 3 is 2.73 bits per heavy atom. The molecule has 1 aliphatic rings. The molecule has 1 aliphatic carbocycles. The Kier molecular flexibility index (Phi) is 3.06. The third-order valence-electron chi connectivity index (χ3n) is 3.33. The van der Waals surface area contributed by atoms with Crippen molar-refractivity contribution in [2.24, 2.45) is 11.8 Å². The summed E-state index contributed by atoms with van der Waals surface area (Å²) in [6.07, 6.45) is 1.32. The van der Waals surface area contributed by atoms with E-state index in [0.717, 1.165) is 23.9 Å². The molecule has 82 valence electrons. The largest absolute Gasteiger partial charge is 0.310 e. The highest BCUT2D eigenvalue weighted by Gasteiger charge is 2.32. The van der Waals surface area contributed by atoms with Crippen LogP contribution in [0.4, 0.5) is 4.39 Å². The maximum absolute atomic E-state index is 13.4. The molecule has 1 aromatic rings. The van der Waals surface area contributed by atoms with Crippen LogP contribution in [0.25, 0.3) is 0 Å². The van der Waals surface area contributed by atoms with Crippen LogP contribution in [0.3, 0.4) is 0 Å². The van der Waals surface area contributed by atoms with Gasteiger partial charge in [0.2, 0.25) is 0 Å². The molecule has 1 fully saturated rings. The maximum atomic E-state index is 13.4. The zero-order chi connectivity index (χ0) is 10.8. The third-order valence-corrected chi connectivity index (χ3v) is 3.33. The summed E-state index contributed by atoms with van der Waals surface area (Å²) < 4.78 is 13.4. The first-order valence-electron chi connectivity index (χ1n) is 5.66. The fraction of sp³-hybridized carbons (Fsp3) is 0.538. The number of hydrogen-bond acceptors (Lipinski definition) is 1. The van der Waals surface area contributed by atoms with E-state index >= 15 is 0 Å². The number of rotatable bonds is 4. The zero-order valence-corrected chi connectivity index (χ0v) is 9.33. The lowest BCUT2D eigenvalue weighted by atomic mass is 10.1. The molecule has 3 unspecified atom stereocenters. The van der Waals surface area contributed by atoms with Crippen molar-refractivity contribution in [3.63, 3.8) is 0 Å². The van der Waals surface area contributed by atoms with Crippen LogP contribution in [0.1, 0.15) is 31.9 Å². The fourth-order valence-electron chi connectivity index (χ4n) is 1.95. The average Bonchev–Trinajstić information content (AvgIpc) is 2.92. The Hall–Kier alpha value is -0.890. The smallest absolute Gasteiger partial charge is 0.127 e. The molecule has 0 amide bonds. The summed E-state index contributed by atoms with van der Waals surface area (Å²) >= 11 is 0. The normalized spacial score (nSPS) is 26.3. The number of benzene rings is 1. The van der Waals surface area contributed by atoms with Crippen molar-refractivity contribution in [2.45, 2.75) is 26.3 Å². The van der Waals surface area contributed by atoms with Crippen molar-refractivity contribution in [1.29, 1.82) is 0 Å². The number of halogens is 1. The first kappa shape index (κ1) is 10.6. The van der Waals surface area contributed by atoms with Gasteiger partial charge < -0.3 is 5.32 Å². The lowest BCUT2D eigenvalue weighted by Crippen LogP contribution is -2.22. The van der Waals surface area contributed by atoms with Gasteiger partial charge in [0.1, 0.15) is 5.82 Å². The Bertz CT molecular complexity index is 337. The third kappa shape index (κ3) is 2.57. The highest BCUT2D eigenvalue weighted by atomic mass is 19.1. The van der Waals surface area contributed by atoms with Crippen LogP contribution in [-0.2, 0) is 0 Å². The van der Waals surface area contributed by atoms with E-state index in [1.807, 2.05) is 19.1 Å². The first-order chi connectivity index (χ1) is 7.18. The number of nitrogens with one attached hydrogen (secondary N) is 1. The van der Waals surface area contributed by atoms with Gasteiger partial charge in [0.15, 0.2) is 0 Å². The van der Waals surface area contributed by atoms with Gasteiger partial charge in [0.05, 0.1) is 0 Å². The lowest BCUT2D eigenvalue weighted by molar-refractivity contribution is 0.507. The quantitative estimate of drug-likeness (QED) is 0.799. The summed E-state index contributed by atoms with van der Waals surface area (Å²) in [6, 6.07) is 7.10. The van der Waals surface area contributed by atoms with Crippen molar-refractivity contribution >= 4 is 0 Å². The van der Waals surface area contributed by atoms with Crippen LogP contribution < -0.4 is 5.32 Å². The molecule has 0 aliphatic heterocycles. The Labute approximate surface area is 90.7 Å². The molecular weight excluding hydrogens is 189 g/mol. The van der Waals surface area contributed by atoms with E-state index in [1.54, 1.807) is 6.07 Å². The van der Waals surface area contributed by atoms with Crippen LogP contribution in [0, 0.1) is 17.7 Å². The van der Waals surface area contributed by atoms with Gasteiger partial charge in [0, 0.05) is 11.6 Å². The minimum Gasteiger partial charge on any atom is -0.310 e. The maximum Gasteiger partial charge on any atom is 0.127 e. The lowest BCUT2D eigenvalue weighted by Gasteiger charge is -2.14. The van der Waals surface area contributed by atoms with Crippen LogP contribution >= 0.6 is 0 Å². The molecule has 1 nitrogen and oxygen atoms in total. The summed E-state index contributed by atoms with van der Waals surface area (Å²) in [5.41, 5.74) is 0.769. The van der Waals surface area contributed by atoms with Crippen molar-refractivity contribution in [3.05, 3.63) is 35.6 Å². The van der Waals surface area contributed by atoms with Crippen LogP contribution in [0.5, 0.6) is 0 Å². The van der Waals surface area contributed by atoms with Crippen molar-refractivity contribution in [2.75, 3.05) is 6.54 Å². The highest BCUT2D eigenvalue weighted by Crippen LogP contribution is 2.37. The molecule has 0 heterocycles. The molecule has 0 bridgehead atoms. The average molecular weight is 207 g/mol. The monoisotopic (exact) mass is 207 g/mol. The summed E-state index contributed by atoms with van der Waals surface area (Å²) in [4.78, 5) is 0. The second-order valence-corrected chi connectivity index (χ2v) is 4.62. The zero-order valence-electron chi connectivity index (χ0n) is 9.33.